The van der Waals surface area contributed by atoms with Crippen molar-refractivity contribution in [3.05, 3.63) is 0 Å². The Hall–Kier alpha value is -0.590. The Labute approximate surface area is 85.9 Å². The van der Waals surface area contributed by atoms with Crippen molar-refractivity contribution in [3.8, 4) is 6.07 Å². The quantitative estimate of drug-likeness (QED) is 0.718. The van der Waals surface area contributed by atoms with E-state index in [1.54, 1.807) is 0 Å². The van der Waals surface area contributed by atoms with E-state index in [0.717, 1.165) is 12.8 Å². The summed E-state index contributed by atoms with van der Waals surface area (Å²) in [6.45, 7) is 2.17. The van der Waals surface area contributed by atoms with Crippen LogP contribution in [0.4, 0.5) is 0 Å². The highest BCUT2D eigenvalue weighted by atomic mass is 15.2. The van der Waals surface area contributed by atoms with Crippen LogP contribution in [0.3, 0.4) is 0 Å². The SMILES string of the molecule is CC(CC#N)N1C2CCC1CC(N)C2. The summed E-state index contributed by atoms with van der Waals surface area (Å²) in [7, 11) is 0. The van der Waals surface area contributed by atoms with Crippen molar-refractivity contribution >= 4 is 0 Å². The van der Waals surface area contributed by atoms with Gasteiger partial charge in [-0.25, -0.2) is 0 Å². The lowest BCUT2D eigenvalue weighted by molar-refractivity contribution is 0.0875. The molecule has 0 saturated carbocycles. The van der Waals surface area contributed by atoms with Crippen LogP contribution in [0, 0.1) is 11.3 Å². The Kier molecular flexibility index (Phi) is 2.76. The first-order chi connectivity index (χ1) is 6.72. The zero-order valence-corrected chi connectivity index (χ0v) is 8.82. The van der Waals surface area contributed by atoms with Crippen LogP contribution >= 0.6 is 0 Å². The molecule has 3 atom stereocenters. The molecule has 0 aromatic carbocycles. The Morgan fingerprint density at radius 1 is 1.43 bits per heavy atom. The van der Waals surface area contributed by atoms with Crippen LogP contribution in [0.25, 0.3) is 0 Å². The number of nitrogens with two attached hydrogens (primary N) is 1. The third-order valence-electron chi connectivity index (χ3n) is 3.72. The van der Waals surface area contributed by atoms with E-state index in [1.807, 2.05) is 0 Å². The average Bonchev–Trinajstić information content (AvgIpc) is 2.39. The van der Waals surface area contributed by atoms with E-state index in [2.05, 4.69) is 17.9 Å². The van der Waals surface area contributed by atoms with Crippen molar-refractivity contribution in [1.29, 1.82) is 5.26 Å². The van der Waals surface area contributed by atoms with Gasteiger partial charge in [0, 0.05) is 24.2 Å². The van der Waals surface area contributed by atoms with Crippen LogP contribution in [-0.2, 0) is 0 Å². The Bertz CT molecular complexity index is 231. The van der Waals surface area contributed by atoms with E-state index in [0.29, 0.717) is 30.6 Å². The second-order valence-electron chi connectivity index (χ2n) is 4.77. The van der Waals surface area contributed by atoms with E-state index in [-0.39, 0.29) is 0 Å². The second-order valence-corrected chi connectivity index (χ2v) is 4.77. The molecule has 78 valence electrons. The van der Waals surface area contributed by atoms with E-state index < -0.39 is 0 Å². The summed E-state index contributed by atoms with van der Waals surface area (Å²) in [4.78, 5) is 2.55. The first kappa shape index (κ1) is 9.95. The van der Waals surface area contributed by atoms with Crippen LogP contribution < -0.4 is 5.73 Å². The fourth-order valence-electron chi connectivity index (χ4n) is 3.21. The second kappa shape index (κ2) is 3.88. The molecule has 3 heteroatoms. The van der Waals surface area contributed by atoms with Gasteiger partial charge in [-0.05, 0) is 32.6 Å². The molecule has 2 aliphatic heterocycles. The van der Waals surface area contributed by atoms with E-state index in [1.165, 1.54) is 12.8 Å². The highest BCUT2D eigenvalue weighted by molar-refractivity contribution is 4.99. The maximum atomic E-state index is 8.71. The number of fused-ring (bicyclic) bond motifs is 2. The molecule has 2 fully saturated rings. The fraction of sp³-hybridized carbons (Fsp3) is 0.909. The highest BCUT2D eigenvalue weighted by Gasteiger charge is 2.41. The molecule has 2 saturated heterocycles. The maximum Gasteiger partial charge on any atom is 0.0638 e. The minimum atomic E-state index is 0.401. The minimum Gasteiger partial charge on any atom is -0.328 e. The molecule has 0 amide bonds. The number of nitriles is 1. The van der Waals surface area contributed by atoms with Gasteiger partial charge in [0.2, 0.25) is 0 Å². The van der Waals surface area contributed by atoms with Crippen LogP contribution in [0.15, 0.2) is 0 Å². The zero-order valence-electron chi connectivity index (χ0n) is 8.82. The van der Waals surface area contributed by atoms with Crippen molar-refractivity contribution in [3.63, 3.8) is 0 Å². The van der Waals surface area contributed by atoms with Crippen LogP contribution in [0.2, 0.25) is 0 Å². The standard InChI is InChI=1S/C11H19N3/c1-8(4-5-12)14-10-2-3-11(14)7-9(13)6-10/h8-11H,2-4,6-7,13H2,1H3. The van der Waals surface area contributed by atoms with Gasteiger partial charge in [0.1, 0.15) is 0 Å². The number of nitrogens with zero attached hydrogens (tertiary/aromatic N) is 2. The molecule has 3 nitrogen and oxygen atoms in total. The predicted molar refractivity (Wildman–Crippen MR) is 55.6 cm³/mol. The summed E-state index contributed by atoms with van der Waals surface area (Å²) >= 11 is 0. The summed E-state index contributed by atoms with van der Waals surface area (Å²) in [6.07, 6.45) is 5.49. The minimum absolute atomic E-state index is 0.401. The molecule has 2 N–H and O–H groups in total. The number of rotatable bonds is 2. The topological polar surface area (TPSA) is 53.0 Å². The van der Waals surface area contributed by atoms with Gasteiger partial charge in [-0.15, -0.1) is 0 Å². The zero-order chi connectivity index (χ0) is 10.1. The molecule has 0 spiro atoms. The smallest absolute Gasteiger partial charge is 0.0638 e. The highest BCUT2D eigenvalue weighted by Crippen LogP contribution is 2.36. The number of hydrogen-bond acceptors (Lipinski definition) is 3. The molecule has 0 radical (unpaired) electrons. The molecule has 0 aromatic rings. The summed E-state index contributed by atoms with van der Waals surface area (Å²) in [5.74, 6) is 0. The number of hydrogen-bond donors (Lipinski definition) is 1. The molecule has 3 unspecified atom stereocenters. The van der Waals surface area contributed by atoms with Crippen LogP contribution in [-0.4, -0.2) is 29.1 Å². The Balaban J connectivity index is 2.04. The molecule has 0 aliphatic carbocycles. The van der Waals surface area contributed by atoms with Gasteiger partial charge < -0.3 is 5.73 Å². The third kappa shape index (κ3) is 1.65. The normalized spacial score (nSPS) is 39.4. The summed E-state index contributed by atoms with van der Waals surface area (Å²) in [6, 6.07) is 4.41. The van der Waals surface area contributed by atoms with E-state index >= 15 is 0 Å². The third-order valence-corrected chi connectivity index (χ3v) is 3.72. The summed E-state index contributed by atoms with van der Waals surface area (Å²) < 4.78 is 0. The van der Waals surface area contributed by atoms with Gasteiger partial charge >= 0.3 is 0 Å². The van der Waals surface area contributed by atoms with Gasteiger partial charge in [-0.3, -0.25) is 4.90 Å². The lowest BCUT2D eigenvalue weighted by Crippen LogP contribution is -2.51. The van der Waals surface area contributed by atoms with Crippen LogP contribution in [0.1, 0.15) is 39.0 Å². The molecule has 0 aromatic heterocycles. The van der Waals surface area contributed by atoms with Gasteiger partial charge in [-0.1, -0.05) is 0 Å². The first-order valence-electron chi connectivity index (χ1n) is 5.62. The molecule has 14 heavy (non-hydrogen) atoms. The fourth-order valence-corrected chi connectivity index (χ4v) is 3.21. The summed E-state index contributed by atoms with van der Waals surface area (Å²) in [5.41, 5.74) is 6.00. The molecular weight excluding hydrogens is 174 g/mol. The van der Waals surface area contributed by atoms with E-state index in [4.69, 9.17) is 11.0 Å². The van der Waals surface area contributed by atoms with E-state index in [9.17, 15) is 0 Å². The lowest BCUT2D eigenvalue weighted by Gasteiger charge is -2.40. The van der Waals surface area contributed by atoms with Crippen molar-refractivity contribution in [2.75, 3.05) is 0 Å². The van der Waals surface area contributed by atoms with Crippen molar-refractivity contribution in [2.45, 2.75) is 63.2 Å². The molecular formula is C11H19N3. The Morgan fingerprint density at radius 2 is 2.00 bits per heavy atom. The molecule has 2 rings (SSSR count). The van der Waals surface area contributed by atoms with Crippen molar-refractivity contribution in [2.24, 2.45) is 5.73 Å². The molecule has 2 heterocycles. The number of piperidine rings is 1. The first-order valence-corrected chi connectivity index (χ1v) is 5.62. The largest absolute Gasteiger partial charge is 0.328 e. The molecule has 2 aliphatic rings. The maximum absolute atomic E-state index is 8.71. The van der Waals surface area contributed by atoms with Gasteiger partial charge in [0.05, 0.1) is 12.5 Å². The Morgan fingerprint density at radius 3 is 2.50 bits per heavy atom. The summed E-state index contributed by atoms with van der Waals surface area (Å²) in [5, 5.41) is 8.71. The van der Waals surface area contributed by atoms with Crippen molar-refractivity contribution < 1.29 is 0 Å². The lowest BCUT2D eigenvalue weighted by atomic mass is 9.96. The van der Waals surface area contributed by atoms with Gasteiger partial charge in [0.25, 0.3) is 0 Å². The monoisotopic (exact) mass is 193 g/mol. The van der Waals surface area contributed by atoms with Crippen molar-refractivity contribution in [1.82, 2.24) is 4.90 Å². The van der Waals surface area contributed by atoms with Crippen LogP contribution in [0.5, 0.6) is 0 Å². The van der Waals surface area contributed by atoms with Gasteiger partial charge in [-0.2, -0.15) is 5.26 Å². The average molecular weight is 193 g/mol. The molecule has 2 bridgehead atoms. The van der Waals surface area contributed by atoms with Gasteiger partial charge in [0.15, 0.2) is 0 Å². The predicted octanol–water partition coefficient (Wildman–Crippen LogP) is 1.24.